The number of carbonyl (C=O) groups is 1. The average Bonchev–Trinajstić information content (AvgIpc) is 3.33. The van der Waals surface area contributed by atoms with Crippen molar-refractivity contribution in [1.29, 1.82) is 0 Å². The maximum atomic E-state index is 13.5. The van der Waals surface area contributed by atoms with Gasteiger partial charge in [0, 0.05) is 24.3 Å². The molecular weight excluding hydrogens is 333 g/mol. The molecule has 0 spiro atoms. The molecule has 1 aliphatic rings. The molecule has 7 heteroatoms. The molecule has 134 valence electrons. The molecule has 0 saturated carbocycles. The van der Waals surface area contributed by atoms with E-state index in [4.69, 9.17) is 0 Å². The molecule has 1 unspecified atom stereocenters. The van der Waals surface area contributed by atoms with Crippen LogP contribution in [0.2, 0.25) is 0 Å². The number of nitrogens with zero attached hydrogens (tertiary/aromatic N) is 4. The maximum absolute atomic E-state index is 13.5. The number of hydrogen-bond donors (Lipinski definition) is 1. The van der Waals surface area contributed by atoms with Crippen LogP contribution in [0.15, 0.2) is 36.5 Å². The lowest BCUT2D eigenvalue weighted by Gasteiger charge is -2.17. The Morgan fingerprint density at radius 2 is 2.15 bits per heavy atom. The van der Waals surface area contributed by atoms with Crippen molar-refractivity contribution in [2.24, 2.45) is 0 Å². The Balaban J connectivity index is 1.56. The number of aryl methyl sites for hydroxylation is 2. The van der Waals surface area contributed by atoms with Crippen LogP contribution in [0.3, 0.4) is 0 Å². The SMILES string of the molecule is Cc1cc(C)n(C2CCN(C(=O)c3cn[nH]c3-c3cccc(F)c3)C2)n1. The molecular formula is C19H20FN5O. The number of nitrogens with one attached hydrogen (secondary N) is 1. The molecule has 1 saturated heterocycles. The molecule has 3 heterocycles. The summed E-state index contributed by atoms with van der Waals surface area (Å²) in [4.78, 5) is 14.8. The van der Waals surface area contributed by atoms with Gasteiger partial charge in [0.2, 0.25) is 0 Å². The van der Waals surface area contributed by atoms with Gasteiger partial charge < -0.3 is 4.90 Å². The zero-order valence-electron chi connectivity index (χ0n) is 14.7. The van der Waals surface area contributed by atoms with Crippen LogP contribution in [-0.2, 0) is 0 Å². The number of H-pyrrole nitrogens is 1. The summed E-state index contributed by atoms with van der Waals surface area (Å²) < 4.78 is 15.5. The van der Waals surface area contributed by atoms with E-state index in [1.54, 1.807) is 12.1 Å². The molecule has 0 bridgehead atoms. The summed E-state index contributed by atoms with van der Waals surface area (Å²) in [7, 11) is 0. The van der Waals surface area contributed by atoms with Gasteiger partial charge in [0.15, 0.2) is 0 Å². The number of halogens is 1. The Labute approximate surface area is 150 Å². The van der Waals surface area contributed by atoms with Crippen molar-refractivity contribution in [3.05, 3.63) is 59.3 Å². The number of benzene rings is 1. The molecule has 1 aliphatic heterocycles. The Kier molecular flexibility index (Phi) is 4.06. The Morgan fingerprint density at radius 3 is 2.88 bits per heavy atom. The fraction of sp³-hybridized carbons (Fsp3) is 0.316. The minimum atomic E-state index is -0.346. The summed E-state index contributed by atoms with van der Waals surface area (Å²) in [5.41, 5.74) is 3.70. The van der Waals surface area contributed by atoms with Crippen molar-refractivity contribution in [3.8, 4) is 11.3 Å². The lowest BCUT2D eigenvalue weighted by molar-refractivity contribution is 0.0787. The van der Waals surface area contributed by atoms with Crippen LogP contribution in [-0.4, -0.2) is 43.9 Å². The summed E-state index contributed by atoms with van der Waals surface area (Å²) >= 11 is 0. The van der Waals surface area contributed by atoms with Gasteiger partial charge in [-0.25, -0.2) is 4.39 Å². The van der Waals surface area contributed by atoms with Gasteiger partial charge in [0.25, 0.3) is 5.91 Å². The third-order valence-corrected chi connectivity index (χ3v) is 4.82. The Bertz CT molecular complexity index is 961. The van der Waals surface area contributed by atoms with Crippen LogP contribution in [0.5, 0.6) is 0 Å². The van der Waals surface area contributed by atoms with E-state index < -0.39 is 0 Å². The number of amides is 1. The molecule has 26 heavy (non-hydrogen) atoms. The third-order valence-electron chi connectivity index (χ3n) is 4.82. The molecule has 4 rings (SSSR count). The fourth-order valence-corrected chi connectivity index (χ4v) is 3.62. The van der Waals surface area contributed by atoms with E-state index >= 15 is 0 Å². The van der Waals surface area contributed by atoms with Crippen LogP contribution in [0.4, 0.5) is 4.39 Å². The number of aromatic amines is 1. The van der Waals surface area contributed by atoms with E-state index in [-0.39, 0.29) is 17.8 Å². The smallest absolute Gasteiger partial charge is 0.257 e. The summed E-state index contributed by atoms with van der Waals surface area (Å²) in [6.07, 6.45) is 2.38. The van der Waals surface area contributed by atoms with Gasteiger partial charge in [0.05, 0.1) is 29.2 Å². The fourth-order valence-electron chi connectivity index (χ4n) is 3.62. The van der Waals surface area contributed by atoms with Gasteiger partial charge in [-0.15, -0.1) is 0 Å². The third kappa shape index (κ3) is 2.89. The summed E-state index contributed by atoms with van der Waals surface area (Å²) in [5, 5.41) is 11.4. The maximum Gasteiger partial charge on any atom is 0.257 e. The molecule has 0 radical (unpaired) electrons. The Morgan fingerprint density at radius 1 is 1.31 bits per heavy atom. The summed E-state index contributed by atoms with van der Waals surface area (Å²) in [6, 6.07) is 8.37. The van der Waals surface area contributed by atoms with Crippen molar-refractivity contribution < 1.29 is 9.18 Å². The first kappa shape index (κ1) is 16.5. The second-order valence-electron chi connectivity index (χ2n) is 6.73. The topological polar surface area (TPSA) is 66.8 Å². The quantitative estimate of drug-likeness (QED) is 0.787. The van der Waals surface area contributed by atoms with Crippen LogP contribution in [0.1, 0.15) is 34.2 Å². The van der Waals surface area contributed by atoms with Gasteiger partial charge in [-0.05, 0) is 38.5 Å². The van der Waals surface area contributed by atoms with Crippen molar-refractivity contribution >= 4 is 5.91 Å². The minimum Gasteiger partial charge on any atom is -0.336 e. The molecule has 1 fully saturated rings. The molecule has 1 aromatic carbocycles. The average molecular weight is 353 g/mol. The number of hydrogen-bond acceptors (Lipinski definition) is 3. The highest BCUT2D eigenvalue weighted by Gasteiger charge is 2.31. The van der Waals surface area contributed by atoms with Crippen molar-refractivity contribution in [2.75, 3.05) is 13.1 Å². The van der Waals surface area contributed by atoms with Crippen LogP contribution in [0.25, 0.3) is 11.3 Å². The molecule has 3 aromatic rings. The van der Waals surface area contributed by atoms with Gasteiger partial charge in [-0.2, -0.15) is 10.2 Å². The highest BCUT2D eigenvalue weighted by atomic mass is 19.1. The lowest BCUT2D eigenvalue weighted by atomic mass is 10.1. The number of rotatable bonds is 3. The van der Waals surface area contributed by atoms with Gasteiger partial charge in [0.1, 0.15) is 5.82 Å². The van der Waals surface area contributed by atoms with Crippen LogP contribution in [0, 0.1) is 19.7 Å². The summed E-state index contributed by atoms with van der Waals surface area (Å²) in [5.74, 6) is -0.441. The number of likely N-dealkylation sites (tertiary alicyclic amines) is 1. The Hall–Kier alpha value is -2.96. The highest BCUT2D eigenvalue weighted by molar-refractivity contribution is 5.99. The highest BCUT2D eigenvalue weighted by Crippen LogP contribution is 2.27. The normalized spacial score (nSPS) is 17.0. The first-order valence-electron chi connectivity index (χ1n) is 8.64. The van der Waals surface area contributed by atoms with Gasteiger partial charge in [-0.3, -0.25) is 14.6 Å². The van der Waals surface area contributed by atoms with E-state index in [1.807, 2.05) is 29.5 Å². The minimum absolute atomic E-state index is 0.0953. The van der Waals surface area contributed by atoms with Crippen LogP contribution < -0.4 is 0 Å². The van der Waals surface area contributed by atoms with Crippen molar-refractivity contribution in [1.82, 2.24) is 24.9 Å². The van der Waals surface area contributed by atoms with E-state index in [0.29, 0.717) is 29.9 Å². The van der Waals surface area contributed by atoms with Gasteiger partial charge >= 0.3 is 0 Å². The second-order valence-corrected chi connectivity index (χ2v) is 6.73. The molecule has 1 atom stereocenters. The van der Waals surface area contributed by atoms with E-state index in [9.17, 15) is 9.18 Å². The molecule has 2 aromatic heterocycles. The monoisotopic (exact) mass is 353 g/mol. The molecule has 0 aliphatic carbocycles. The van der Waals surface area contributed by atoms with Crippen molar-refractivity contribution in [3.63, 3.8) is 0 Å². The van der Waals surface area contributed by atoms with Gasteiger partial charge in [-0.1, -0.05) is 12.1 Å². The van der Waals surface area contributed by atoms with E-state index in [2.05, 4.69) is 15.3 Å². The van der Waals surface area contributed by atoms with Crippen molar-refractivity contribution in [2.45, 2.75) is 26.3 Å². The first-order chi connectivity index (χ1) is 12.5. The standard InChI is InChI=1S/C19H20FN5O/c1-12-8-13(2)25(23-12)16-6-7-24(11-16)19(26)17-10-21-22-18(17)14-4-3-5-15(20)9-14/h3-5,8-10,16H,6-7,11H2,1-2H3,(H,21,22). The zero-order chi connectivity index (χ0) is 18.3. The predicted octanol–water partition coefficient (Wildman–Crippen LogP) is 3.12. The predicted molar refractivity (Wildman–Crippen MR) is 95.2 cm³/mol. The number of aromatic nitrogens is 4. The largest absolute Gasteiger partial charge is 0.336 e. The second kappa shape index (κ2) is 6.40. The van der Waals surface area contributed by atoms with Crippen LogP contribution >= 0.6 is 0 Å². The first-order valence-corrected chi connectivity index (χ1v) is 8.64. The molecule has 1 amide bonds. The van der Waals surface area contributed by atoms with E-state index in [1.165, 1.54) is 18.3 Å². The van der Waals surface area contributed by atoms with E-state index in [0.717, 1.165) is 17.8 Å². The zero-order valence-corrected chi connectivity index (χ0v) is 14.7. The molecule has 1 N–H and O–H groups in total. The summed E-state index contributed by atoms with van der Waals surface area (Å²) in [6.45, 7) is 5.27. The molecule has 6 nitrogen and oxygen atoms in total. The number of carbonyl (C=O) groups excluding carboxylic acids is 1. The lowest BCUT2D eigenvalue weighted by Crippen LogP contribution is -2.29.